The fourth-order valence-electron chi connectivity index (χ4n) is 2.51. The molecule has 0 radical (unpaired) electrons. The molecule has 98 valence electrons. The highest BCUT2D eigenvalue weighted by molar-refractivity contribution is 5.78. The lowest BCUT2D eigenvalue weighted by Gasteiger charge is -2.27. The van der Waals surface area contributed by atoms with Crippen molar-refractivity contribution in [1.82, 2.24) is 10.6 Å². The Hall–Kier alpha value is -1.35. The summed E-state index contributed by atoms with van der Waals surface area (Å²) in [6.07, 6.45) is 1.89. The zero-order chi connectivity index (χ0) is 13.0. The van der Waals surface area contributed by atoms with Gasteiger partial charge in [-0.05, 0) is 44.4 Å². The Balaban J connectivity index is 1.86. The number of carbonyl (C=O) groups is 1. The highest BCUT2D eigenvalue weighted by Gasteiger charge is 2.24. The van der Waals surface area contributed by atoms with Crippen LogP contribution in [0.15, 0.2) is 24.3 Å². The van der Waals surface area contributed by atoms with E-state index in [2.05, 4.69) is 36.6 Å². The van der Waals surface area contributed by atoms with Crippen LogP contribution in [-0.4, -0.2) is 18.5 Å². The molecule has 2 rings (SSSR count). The summed E-state index contributed by atoms with van der Waals surface area (Å²) in [7, 11) is 0. The van der Waals surface area contributed by atoms with Gasteiger partial charge in [-0.15, -0.1) is 0 Å². The second-order valence-electron chi connectivity index (χ2n) is 5.22. The maximum Gasteiger partial charge on any atom is 0.223 e. The van der Waals surface area contributed by atoms with E-state index < -0.39 is 0 Å². The lowest BCUT2D eigenvalue weighted by molar-refractivity contribution is -0.126. The van der Waals surface area contributed by atoms with Crippen LogP contribution in [0.3, 0.4) is 0 Å². The molecule has 0 aliphatic carbocycles. The average molecular weight is 246 g/mol. The molecule has 2 N–H and O–H groups in total. The molecule has 1 amide bonds. The van der Waals surface area contributed by atoms with Crippen LogP contribution in [0, 0.1) is 12.8 Å². The maximum atomic E-state index is 12.1. The lowest BCUT2D eigenvalue weighted by atomic mass is 9.92. The third-order valence-electron chi connectivity index (χ3n) is 3.71. The molecule has 1 heterocycles. The van der Waals surface area contributed by atoms with E-state index in [0.29, 0.717) is 12.6 Å². The third-order valence-corrected chi connectivity index (χ3v) is 3.71. The largest absolute Gasteiger partial charge is 0.352 e. The predicted octanol–water partition coefficient (Wildman–Crippen LogP) is 2.00. The summed E-state index contributed by atoms with van der Waals surface area (Å²) in [6.45, 7) is 5.81. The SMILES string of the molecule is Cc1ccccc1CNC(=O)[C@H]1CCN[C@@H](C)C1. The van der Waals surface area contributed by atoms with Crippen molar-refractivity contribution in [1.29, 1.82) is 0 Å². The third kappa shape index (κ3) is 3.33. The van der Waals surface area contributed by atoms with E-state index in [1.807, 2.05) is 12.1 Å². The Bertz CT molecular complexity index is 417. The van der Waals surface area contributed by atoms with Gasteiger partial charge in [0.05, 0.1) is 0 Å². The van der Waals surface area contributed by atoms with Gasteiger partial charge >= 0.3 is 0 Å². The van der Waals surface area contributed by atoms with E-state index in [0.717, 1.165) is 19.4 Å². The van der Waals surface area contributed by atoms with Gasteiger partial charge in [0.2, 0.25) is 5.91 Å². The molecule has 1 saturated heterocycles. The van der Waals surface area contributed by atoms with Crippen LogP contribution in [0.4, 0.5) is 0 Å². The molecule has 0 saturated carbocycles. The van der Waals surface area contributed by atoms with Crippen LogP contribution < -0.4 is 10.6 Å². The van der Waals surface area contributed by atoms with Crippen molar-refractivity contribution in [2.45, 2.75) is 39.3 Å². The molecule has 0 unspecified atom stereocenters. The van der Waals surface area contributed by atoms with E-state index in [9.17, 15) is 4.79 Å². The summed E-state index contributed by atoms with van der Waals surface area (Å²) >= 11 is 0. The van der Waals surface area contributed by atoms with E-state index >= 15 is 0 Å². The fraction of sp³-hybridized carbons (Fsp3) is 0.533. The molecule has 0 bridgehead atoms. The minimum Gasteiger partial charge on any atom is -0.352 e. The van der Waals surface area contributed by atoms with Gasteiger partial charge in [-0.25, -0.2) is 0 Å². The lowest BCUT2D eigenvalue weighted by Crippen LogP contribution is -2.42. The Morgan fingerprint density at radius 1 is 1.44 bits per heavy atom. The monoisotopic (exact) mass is 246 g/mol. The van der Waals surface area contributed by atoms with Gasteiger partial charge in [-0.3, -0.25) is 4.79 Å². The molecular weight excluding hydrogens is 224 g/mol. The number of carbonyl (C=O) groups excluding carboxylic acids is 1. The van der Waals surface area contributed by atoms with Crippen molar-refractivity contribution >= 4 is 5.91 Å². The van der Waals surface area contributed by atoms with Crippen molar-refractivity contribution in [3.63, 3.8) is 0 Å². The number of amides is 1. The summed E-state index contributed by atoms with van der Waals surface area (Å²) in [5.41, 5.74) is 2.43. The van der Waals surface area contributed by atoms with Crippen LogP contribution in [0.25, 0.3) is 0 Å². The number of rotatable bonds is 3. The number of nitrogens with one attached hydrogen (secondary N) is 2. The average Bonchev–Trinajstić information content (AvgIpc) is 2.37. The Morgan fingerprint density at radius 2 is 2.22 bits per heavy atom. The van der Waals surface area contributed by atoms with Crippen molar-refractivity contribution in [3.8, 4) is 0 Å². The smallest absolute Gasteiger partial charge is 0.223 e. The van der Waals surface area contributed by atoms with E-state index in [4.69, 9.17) is 0 Å². The number of hydrogen-bond donors (Lipinski definition) is 2. The summed E-state index contributed by atoms with van der Waals surface area (Å²) in [5.74, 6) is 0.372. The summed E-state index contributed by atoms with van der Waals surface area (Å²) in [6, 6.07) is 8.64. The van der Waals surface area contributed by atoms with E-state index in [-0.39, 0.29) is 11.8 Å². The van der Waals surface area contributed by atoms with Gasteiger partial charge < -0.3 is 10.6 Å². The van der Waals surface area contributed by atoms with Crippen molar-refractivity contribution < 1.29 is 4.79 Å². The molecule has 3 nitrogen and oxygen atoms in total. The maximum absolute atomic E-state index is 12.1. The van der Waals surface area contributed by atoms with Gasteiger partial charge in [0.1, 0.15) is 0 Å². The quantitative estimate of drug-likeness (QED) is 0.856. The first kappa shape index (κ1) is 13.1. The standard InChI is InChI=1S/C15H22N2O/c1-11-5-3-4-6-14(11)10-17-15(18)13-7-8-16-12(2)9-13/h3-6,12-13,16H,7-10H2,1-2H3,(H,17,18)/t12-,13-/m0/s1. The molecule has 2 atom stereocenters. The van der Waals surface area contributed by atoms with Gasteiger partial charge in [0.15, 0.2) is 0 Å². The number of piperidine rings is 1. The molecule has 0 aromatic heterocycles. The normalized spacial score (nSPS) is 23.7. The highest BCUT2D eigenvalue weighted by Crippen LogP contribution is 2.16. The first-order valence-corrected chi connectivity index (χ1v) is 6.72. The molecule has 1 aromatic carbocycles. The molecule has 3 heteroatoms. The van der Waals surface area contributed by atoms with Crippen molar-refractivity contribution in [3.05, 3.63) is 35.4 Å². The van der Waals surface area contributed by atoms with E-state index in [1.54, 1.807) is 0 Å². The Kier molecular flexibility index (Phi) is 4.37. The minimum absolute atomic E-state index is 0.172. The molecule has 18 heavy (non-hydrogen) atoms. The zero-order valence-corrected chi connectivity index (χ0v) is 11.2. The number of aryl methyl sites for hydroxylation is 1. The van der Waals surface area contributed by atoms with Crippen LogP contribution in [-0.2, 0) is 11.3 Å². The fourth-order valence-corrected chi connectivity index (χ4v) is 2.51. The topological polar surface area (TPSA) is 41.1 Å². The van der Waals surface area contributed by atoms with Gasteiger partial charge in [-0.1, -0.05) is 24.3 Å². The molecule has 1 aliphatic heterocycles. The van der Waals surface area contributed by atoms with Crippen molar-refractivity contribution in [2.75, 3.05) is 6.54 Å². The second kappa shape index (κ2) is 6.01. The predicted molar refractivity (Wildman–Crippen MR) is 73.2 cm³/mol. The second-order valence-corrected chi connectivity index (χ2v) is 5.22. The zero-order valence-electron chi connectivity index (χ0n) is 11.2. The van der Waals surface area contributed by atoms with Crippen LogP contribution in [0.2, 0.25) is 0 Å². The molecule has 1 aliphatic rings. The number of hydrogen-bond acceptors (Lipinski definition) is 2. The number of benzene rings is 1. The molecule has 0 spiro atoms. The highest BCUT2D eigenvalue weighted by atomic mass is 16.1. The van der Waals surface area contributed by atoms with Gasteiger partial charge in [0.25, 0.3) is 0 Å². The first-order valence-electron chi connectivity index (χ1n) is 6.72. The molecular formula is C15H22N2O. The summed E-state index contributed by atoms with van der Waals surface area (Å²) in [5, 5.41) is 6.43. The molecule has 1 aromatic rings. The Labute approximate surface area is 109 Å². The van der Waals surface area contributed by atoms with Crippen molar-refractivity contribution in [2.24, 2.45) is 5.92 Å². The molecule has 1 fully saturated rings. The van der Waals surface area contributed by atoms with Crippen LogP contribution in [0.5, 0.6) is 0 Å². The van der Waals surface area contributed by atoms with Gasteiger partial charge in [0, 0.05) is 18.5 Å². The summed E-state index contributed by atoms with van der Waals surface area (Å²) in [4.78, 5) is 12.1. The first-order chi connectivity index (χ1) is 8.66. The Morgan fingerprint density at radius 3 is 2.94 bits per heavy atom. The van der Waals surface area contributed by atoms with Gasteiger partial charge in [-0.2, -0.15) is 0 Å². The van der Waals surface area contributed by atoms with Crippen LogP contribution >= 0.6 is 0 Å². The minimum atomic E-state index is 0.172. The summed E-state index contributed by atoms with van der Waals surface area (Å²) < 4.78 is 0. The van der Waals surface area contributed by atoms with E-state index in [1.165, 1.54) is 11.1 Å². The van der Waals surface area contributed by atoms with Crippen LogP contribution in [0.1, 0.15) is 30.9 Å².